The van der Waals surface area contributed by atoms with Gasteiger partial charge in [0, 0.05) is 11.8 Å². The van der Waals surface area contributed by atoms with Gasteiger partial charge in [-0.2, -0.15) is 0 Å². The van der Waals surface area contributed by atoms with Crippen LogP contribution in [-0.2, 0) is 5.75 Å². The Morgan fingerprint density at radius 1 is 1.04 bits per heavy atom. The van der Waals surface area contributed by atoms with E-state index in [1.807, 2.05) is 10.6 Å². The molecule has 0 bridgehead atoms. The van der Waals surface area contributed by atoms with Crippen LogP contribution in [0.5, 0.6) is 0 Å². The molecule has 122 valence electrons. The Morgan fingerprint density at radius 3 is 2.62 bits per heavy atom. The molecule has 1 saturated carbocycles. The lowest BCUT2D eigenvalue weighted by molar-refractivity contribution is 0.622. The Balaban J connectivity index is 1.64. The number of aromatic nitrogens is 3. The Kier molecular flexibility index (Phi) is 4.06. The van der Waals surface area contributed by atoms with Crippen LogP contribution in [0.1, 0.15) is 24.4 Å². The van der Waals surface area contributed by atoms with E-state index in [-0.39, 0.29) is 11.6 Å². The van der Waals surface area contributed by atoms with Crippen LogP contribution < -0.4 is 0 Å². The summed E-state index contributed by atoms with van der Waals surface area (Å²) in [5.41, 5.74) is 1.35. The normalized spacial score (nSPS) is 14.1. The highest BCUT2D eigenvalue weighted by molar-refractivity contribution is 7.98. The molecule has 2 aromatic carbocycles. The van der Waals surface area contributed by atoms with Crippen LogP contribution in [0.3, 0.4) is 0 Å². The van der Waals surface area contributed by atoms with E-state index in [0.29, 0.717) is 23.2 Å². The van der Waals surface area contributed by atoms with Gasteiger partial charge in [-0.05, 0) is 42.7 Å². The SMILES string of the molecule is Fc1cccc(CSc2nnc(-c3ccccc3F)n2C2CC2)c1. The molecule has 1 fully saturated rings. The first-order valence-electron chi connectivity index (χ1n) is 7.79. The molecule has 1 aromatic heterocycles. The third kappa shape index (κ3) is 3.06. The van der Waals surface area contributed by atoms with Gasteiger partial charge in [0.1, 0.15) is 11.6 Å². The number of hydrogen-bond acceptors (Lipinski definition) is 3. The van der Waals surface area contributed by atoms with Crippen molar-refractivity contribution in [3.63, 3.8) is 0 Å². The fraction of sp³-hybridized carbons (Fsp3) is 0.222. The van der Waals surface area contributed by atoms with Gasteiger partial charge in [-0.1, -0.05) is 36.0 Å². The summed E-state index contributed by atoms with van der Waals surface area (Å²) >= 11 is 1.50. The van der Waals surface area contributed by atoms with Gasteiger partial charge < -0.3 is 0 Å². The van der Waals surface area contributed by atoms with Gasteiger partial charge in [0.15, 0.2) is 11.0 Å². The summed E-state index contributed by atoms with van der Waals surface area (Å²) in [7, 11) is 0. The van der Waals surface area contributed by atoms with E-state index in [4.69, 9.17) is 0 Å². The van der Waals surface area contributed by atoms with Crippen molar-refractivity contribution < 1.29 is 8.78 Å². The molecule has 0 atom stereocenters. The zero-order valence-corrected chi connectivity index (χ0v) is 13.6. The second-order valence-corrected chi connectivity index (χ2v) is 6.75. The maximum atomic E-state index is 14.1. The molecule has 0 radical (unpaired) electrons. The molecule has 3 aromatic rings. The van der Waals surface area contributed by atoms with Crippen molar-refractivity contribution in [2.75, 3.05) is 0 Å². The Labute approximate surface area is 142 Å². The second-order valence-electron chi connectivity index (χ2n) is 5.81. The van der Waals surface area contributed by atoms with Crippen LogP contribution in [0.4, 0.5) is 8.78 Å². The summed E-state index contributed by atoms with van der Waals surface area (Å²) in [6, 6.07) is 13.5. The number of hydrogen-bond donors (Lipinski definition) is 0. The lowest BCUT2D eigenvalue weighted by atomic mass is 10.2. The third-order valence-corrected chi connectivity index (χ3v) is 4.96. The first-order valence-corrected chi connectivity index (χ1v) is 8.78. The fourth-order valence-electron chi connectivity index (χ4n) is 2.64. The maximum absolute atomic E-state index is 14.1. The molecular formula is C18H15F2N3S. The van der Waals surface area contributed by atoms with Gasteiger partial charge in [-0.3, -0.25) is 4.57 Å². The third-order valence-electron chi connectivity index (χ3n) is 3.95. The van der Waals surface area contributed by atoms with E-state index >= 15 is 0 Å². The highest BCUT2D eigenvalue weighted by Gasteiger charge is 2.30. The predicted octanol–water partition coefficient (Wildman–Crippen LogP) is 4.85. The Morgan fingerprint density at radius 2 is 1.88 bits per heavy atom. The Bertz CT molecular complexity index is 874. The van der Waals surface area contributed by atoms with Crippen molar-refractivity contribution >= 4 is 11.8 Å². The van der Waals surface area contributed by atoms with Crippen molar-refractivity contribution in [1.29, 1.82) is 0 Å². The smallest absolute Gasteiger partial charge is 0.192 e. The number of benzene rings is 2. The summed E-state index contributed by atoms with van der Waals surface area (Å²) in [5.74, 6) is 0.620. The molecular weight excluding hydrogens is 328 g/mol. The van der Waals surface area contributed by atoms with Crippen molar-refractivity contribution in [1.82, 2.24) is 14.8 Å². The van der Waals surface area contributed by atoms with Crippen molar-refractivity contribution in [2.24, 2.45) is 0 Å². The average Bonchev–Trinajstić information content (AvgIpc) is 3.33. The highest BCUT2D eigenvalue weighted by atomic mass is 32.2. The summed E-state index contributed by atoms with van der Waals surface area (Å²) in [4.78, 5) is 0. The topological polar surface area (TPSA) is 30.7 Å². The summed E-state index contributed by atoms with van der Waals surface area (Å²) < 4.78 is 29.4. The van der Waals surface area contributed by atoms with E-state index in [9.17, 15) is 8.78 Å². The van der Waals surface area contributed by atoms with Gasteiger partial charge in [0.2, 0.25) is 0 Å². The molecule has 1 heterocycles. The van der Waals surface area contributed by atoms with Crippen LogP contribution in [0, 0.1) is 11.6 Å². The minimum absolute atomic E-state index is 0.246. The molecule has 0 aliphatic heterocycles. The van der Waals surface area contributed by atoms with Crippen molar-refractivity contribution in [3.8, 4) is 11.4 Å². The van der Waals surface area contributed by atoms with Crippen LogP contribution in [0.2, 0.25) is 0 Å². The van der Waals surface area contributed by atoms with E-state index in [1.165, 1.54) is 30.0 Å². The maximum Gasteiger partial charge on any atom is 0.192 e. The molecule has 1 aliphatic carbocycles. The molecule has 0 saturated heterocycles. The molecule has 3 nitrogen and oxygen atoms in total. The van der Waals surface area contributed by atoms with Crippen LogP contribution in [0.25, 0.3) is 11.4 Å². The number of halogens is 2. The zero-order chi connectivity index (χ0) is 16.5. The standard InChI is InChI=1S/C18H15F2N3S/c19-13-5-3-4-12(10-13)11-24-18-22-21-17(23(18)14-8-9-14)15-6-1-2-7-16(15)20/h1-7,10,14H,8-9,11H2. The molecule has 0 N–H and O–H groups in total. The molecule has 4 rings (SSSR count). The number of thioether (sulfide) groups is 1. The lowest BCUT2D eigenvalue weighted by Crippen LogP contribution is -2.01. The summed E-state index contributed by atoms with van der Waals surface area (Å²) in [5, 5.41) is 9.21. The van der Waals surface area contributed by atoms with Crippen LogP contribution in [-0.4, -0.2) is 14.8 Å². The van der Waals surface area contributed by atoms with Gasteiger partial charge in [0.25, 0.3) is 0 Å². The fourth-order valence-corrected chi connectivity index (χ4v) is 3.59. The molecule has 24 heavy (non-hydrogen) atoms. The largest absolute Gasteiger partial charge is 0.299 e. The van der Waals surface area contributed by atoms with Crippen molar-refractivity contribution in [2.45, 2.75) is 29.8 Å². The molecule has 0 amide bonds. The van der Waals surface area contributed by atoms with Crippen molar-refractivity contribution in [3.05, 3.63) is 65.7 Å². The molecule has 0 spiro atoms. The predicted molar refractivity (Wildman–Crippen MR) is 89.6 cm³/mol. The first kappa shape index (κ1) is 15.3. The quantitative estimate of drug-likeness (QED) is 0.621. The zero-order valence-electron chi connectivity index (χ0n) is 12.8. The minimum atomic E-state index is -0.298. The van der Waals surface area contributed by atoms with Gasteiger partial charge >= 0.3 is 0 Å². The minimum Gasteiger partial charge on any atom is -0.299 e. The van der Waals surface area contributed by atoms with Gasteiger partial charge in [0.05, 0.1) is 5.56 Å². The number of nitrogens with zero attached hydrogens (tertiary/aromatic N) is 3. The van der Waals surface area contributed by atoms with E-state index in [2.05, 4.69) is 10.2 Å². The Hall–Kier alpha value is -2.21. The summed E-state index contributed by atoms with van der Waals surface area (Å²) in [6.07, 6.45) is 2.10. The average molecular weight is 343 g/mol. The first-order chi connectivity index (χ1) is 11.7. The summed E-state index contributed by atoms with van der Waals surface area (Å²) in [6.45, 7) is 0. The molecule has 1 aliphatic rings. The lowest BCUT2D eigenvalue weighted by Gasteiger charge is -2.09. The van der Waals surface area contributed by atoms with Crippen LogP contribution in [0.15, 0.2) is 53.7 Å². The molecule has 6 heteroatoms. The monoisotopic (exact) mass is 343 g/mol. The second kappa shape index (κ2) is 6.36. The van der Waals surface area contributed by atoms with Gasteiger partial charge in [-0.15, -0.1) is 10.2 Å². The highest BCUT2D eigenvalue weighted by Crippen LogP contribution is 2.41. The number of rotatable bonds is 5. The van der Waals surface area contributed by atoms with Crippen LogP contribution >= 0.6 is 11.8 Å². The van der Waals surface area contributed by atoms with E-state index in [0.717, 1.165) is 23.6 Å². The van der Waals surface area contributed by atoms with Gasteiger partial charge in [-0.25, -0.2) is 8.78 Å². The van der Waals surface area contributed by atoms with E-state index < -0.39 is 0 Å². The molecule has 0 unspecified atom stereocenters. The van der Waals surface area contributed by atoms with E-state index in [1.54, 1.807) is 24.3 Å².